The van der Waals surface area contributed by atoms with Crippen LogP contribution in [0.15, 0.2) is 24.8 Å². The average Bonchev–Trinajstić information content (AvgIpc) is 1.42. The first-order valence-corrected chi connectivity index (χ1v) is 38.2. The number of nitriles is 2. The van der Waals surface area contributed by atoms with Crippen molar-refractivity contribution in [1.82, 2.24) is 20.0 Å². The minimum absolute atomic E-state index is 0.100. The van der Waals surface area contributed by atoms with E-state index in [0.29, 0.717) is 79.6 Å². The van der Waals surface area contributed by atoms with Crippen molar-refractivity contribution < 1.29 is 34.8 Å². The van der Waals surface area contributed by atoms with E-state index in [1.54, 1.807) is 23.3 Å². The summed E-state index contributed by atoms with van der Waals surface area (Å²) >= 11 is 3.43. The maximum absolute atomic E-state index is 13.4. The number of halogens is 1. The Morgan fingerprint density at radius 3 is 1.21 bits per heavy atom. The molecule has 12 aliphatic carbocycles. The zero-order valence-electron chi connectivity index (χ0n) is 58.7. The van der Waals surface area contributed by atoms with Crippen molar-refractivity contribution in [3.05, 3.63) is 35.9 Å². The van der Waals surface area contributed by atoms with Crippen LogP contribution in [0.5, 0.6) is 0 Å². The Bertz CT molecular complexity index is 2980. The number of aromatic amines is 1. The van der Waals surface area contributed by atoms with Gasteiger partial charge in [0.2, 0.25) is 0 Å². The molecule has 0 unspecified atom stereocenters. The third-order valence-corrected chi connectivity index (χ3v) is 31.2. The Morgan fingerprint density at radius 2 is 0.870 bits per heavy atom. The highest BCUT2D eigenvalue weighted by molar-refractivity contribution is 9.09. The highest BCUT2D eigenvalue weighted by Crippen LogP contribution is 2.71. The molecule has 0 bridgehead atoms. The van der Waals surface area contributed by atoms with Gasteiger partial charge in [-0.25, -0.2) is 0 Å². The molecule has 13 nitrogen and oxygen atoms in total. The van der Waals surface area contributed by atoms with Crippen molar-refractivity contribution in [2.45, 2.75) is 285 Å². The summed E-state index contributed by atoms with van der Waals surface area (Å²) < 4.78 is 1.65. The molecule has 12 saturated carbocycles. The predicted molar refractivity (Wildman–Crippen MR) is 364 cm³/mol. The van der Waals surface area contributed by atoms with Crippen molar-refractivity contribution in [3.8, 4) is 12.1 Å². The van der Waals surface area contributed by atoms with Crippen molar-refractivity contribution in [2.75, 3.05) is 12.4 Å². The van der Waals surface area contributed by atoms with Gasteiger partial charge in [0.15, 0.2) is 5.78 Å². The van der Waals surface area contributed by atoms with E-state index >= 15 is 0 Å². The molecule has 2 heterocycles. The van der Waals surface area contributed by atoms with Crippen LogP contribution >= 0.6 is 15.9 Å². The summed E-state index contributed by atoms with van der Waals surface area (Å²) in [6.45, 7) is 23.3. The Balaban J connectivity index is 0.000000142. The van der Waals surface area contributed by atoms with Crippen molar-refractivity contribution in [1.29, 1.82) is 10.5 Å². The highest BCUT2D eigenvalue weighted by atomic mass is 79.9. The van der Waals surface area contributed by atoms with Gasteiger partial charge in [0.1, 0.15) is 23.7 Å². The lowest BCUT2D eigenvalue weighted by molar-refractivity contribution is -0.135. The number of aliphatic hydroxyl groups is 4. The van der Waals surface area contributed by atoms with Gasteiger partial charge in [-0.1, -0.05) is 76.7 Å². The molecule has 24 atom stereocenters. The second-order valence-electron chi connectivity index (χ2n) is 35.5. The Labute approximate surface area is 562 Å². The summed E-state index contributed by atoms with van der Waals surface area (Å²) in [5.74, 6) is 10.8. The molecule has 14 rings (SSSR count). The average molecular weight is 1330 g/mol. The van der Waals surface area contributed by atoms with E-state index in [1.807, 2.05) is 13.0 Å². The zero-order chi connectivity index (χ0) is 66.6. The summed E-state index contributed by atoms with van der Waals surface area (Å²) in [5, 5.41) is 67.4. The van der Waals surface area contributed by atoms with Crippen LogP contribution in [0, 0.1) is 144 Å². The summed E-state index contributed by atoms with van der Waals surface area (Å²) in [6, 6.07) is 4.01. The molecule has 92 heavy (non-hydrogen) atoms. The molecular formula is C78H121BrN6O7. The lowest BCUT2D eigenvalue weighted by atomic mass is 9.46. The number of aromatic nitrogens is 4. The standard InChI is InChI=1S/C27H39N3O2.C23H37BrO2.C23H38O2.C4H3N3.CH4O/c1-25(32)10-4-11-26(2)19(13-25)5-6-20-21-7-8-23(27(21,3)12-9-22(20)26)24(31)17-30-16-18(14-28)15-29-30;1-21(26)10-4-11-22(2)15(13-21)5-6-16-17-7-8-19(20(25)14-24)23(17,3)12-9-18(16)22;1-15(24)18-8-9-19-17-7-6-16-14-21(2,25)11-5-12-22(16,3)20(17)10-13-23(18,19)4;5-1-4-2-6-7-3-4;1-2/h15-16,19-23,32H,4-13,17H2,1-3H3;15-19,26H,4-14H2,1-3H3;16-20,25H,5-14H2,1-4H3;2-3H,(H,6,7);2H,1H3/t19-,20-,21-,22-,23+,25-,26-,27-;15-,16-,17-,18-,19+,21-,22-,23-;16-,17-,18+,19-,20-,21-,22-,23+;;/m000../s1. The van der Waals surface area contributed by atoms with Gasteiger partial charge in [-0.05, 0) is 305 Å². The number of carbonyl (C=O) groups is 3. The summed E-state index contributed by atoms with van der Waals surface area (Å²) in [7, 11) is 1.00. The fraction of sp³-hybridized carbons (Fsp3) is 0.859. The van der Waals surface area contributed by atoms with Crippen molar-refractivity contribution in [3.63, 3.8) is 0 Å². The molecule has 0 radical (unpaired) electrons. The fourth-order valence-corrected chi connectivity index (χ4v) is 26.5. The van der Waals surface area contributed by atoms with E-state index in [9.17, 15) is 29.7 Å². The normalized spacial score (nSPS) is 47.0. The minimum Gasteiger partial charge on any atom is -0.400 e. The Hall–Kier alpha value is -3.27. The van der Waals surface area contributed by atoms with E-state index in [2.05, 4.69) is 99.6 Å². The molecule has 0 amide bonds. The quantitative estimate of drug-likeness (QED) is 0.171. The minimum atomic E-state index is -0.499. The van der Waals surface area contributed by atoms with Gasteiger partial charge in [0.25, 0.3) is 0 Å². The van der Waals surface area contributed by atoms with Crippen molar-refractivity contribution in [2.24, 2.45) is 121 Å². The number of rotatable bonds is 6. The lowest BCUT2D eigenvalue weighted by Gasteiger charge is -2.59. The van der Waals surface area contributed by atoms with Crippen LogP contribution in [-0.4, -0.2) is 87.0 Å². The summed E-state index contributed by atoms with van der Waals surface area (Å²) in [5.41, 5.74) is 1.45. The third kappa shape index (κ3) is 13.4. The van der Waals surface area contributed by atoms with Gasteiger partial charge in [-0.15, -0.1) is 0 Å². The number of nitrogens with one attached hydrogen (secondary N) is 1. The smallest absolute Gasteiger partial charge is 0.157 e. The molecule has 12 aliphatic rings. The molecule has 2 aromatic heterocycles. The maximum atomic E-state index is 13.4. The molecular weight excluding hydrogens is 1210 g/mol. The monoisotopic (exact) mass is 1330 g/mol. The molecule has 5 N–H and O–H groups in total. The molecule has 12 fully saturated rings. The fourth-order valence-electron chi connectivity index (χ4n) is 26.1. The first-order chi connectivity index (χ1) is 43.5. The van der Waals surface area contributed by atoms with Crippen LogP contribution in [0.4, 0.5) is 0 Å². The zero-order valence-corrected chi connectivity index (χ0v) is 60.3. The number of hydrogen-bond donors (Lipinski definition) is 5. The number of aliphatic hydroxyl groups excluding tert-OH is 1. The third-order valence-electron chi connectivity index (χ3n) is 30.7. The number of alkyl halides is 1. The second kappa shape index (κ2) is 27.6. The number of carbonyl (C=O) groups excluding carboxylic acids is 3. The molecule has 0 spiro atoms. The van der Waals surface area contributed by atoms with E-state index in [1.165, 1.54) is 128 Å². The summed E-state index contributed by atoms with van der Waals surface area (Å²) in [4.78, 5) is 38.2. The largest absolute Gasteiger partial charge is 0.400 e. The maximum Gasteiger partial charge on any atom is 0.157 e. The molecule has 0 aromatic carbocycles. The van der Waals surface area contributed by atoms with Gasteiger partial charge < -0.3 is 20.4 Å². The molecule has 2 aromatic rings. The first kappa shape index (κ1) is 71.5. The molecule has 0 aliphatic heterocycles. The van der Waals surface area contributed by atoms with Gasteiger partial charge in [0.05, 0.1) is 52.2 Å². The van der Waals surface area contributed by atoms with Crippen LogP contribution in [0.25, 0.3) is 0 Å². The van der Waals surface area contributed by atoms with Crippen LogP contribution < -0.4 is 0 Å². The van der Waals surface area contributed by atoms with E-state index in [0.717, 1.165) is 125 Å². The Morgan fingerprint density at radius 1 is 0.500 bits per heavy atom. The van der Waals surface area contributed by atoms with E-state index in [-0.39, 0.29) is 34.6 Å². The van der Waals surface area contributed by atoms with E-state index in [4.69, 9.17) is 15.6 Å². The van der Waals surface area contributed by atoms with Crippen LogP contribution in [-0.2, 0) is 20.9 Å². The molecule has 0 saturated heterocycles. The van der Waals surface area contributed by atoms with Crippen LogP contribution in [0.1, 0.15) is 273 Å². The number of ketones is 3. The van der Waals surface area contributed by atoms with Crippen molar-refractivity contribution >= 4 is 33.3 Å². The van der Waals surface area contributed by atoms with Gasteiger partial charge >= 0.3 is 0 Å². The van der Waals surface area contributed by atoms with Gasteiger partial charge in [-0.3, -0.25) is 24.2 Å². The SMILES string of the molecule is CC(=O)[C@H]1CC[C@H]2[C@@H]3CC[C@H]4C[C@@](C)(O)CCC[C@]4(C)[C@H]3CC[C@]12C.CO.C[C@]1(O)CCC[C@@]2(C)[C@@H](CC[C@@H]3[C@@H]2CC[C@]2(C)[C@@H](C(=O)CBr)CC[C@@H]32)C1.C[C@]1(O)CCC[C@@]2(C)[C@@H](CC[C@@H]3[C@@H]2CC[C@]2(C)[C@@H](C(=O)Cn4cc(C#N)cn4)CC[C@@H]32)C1.N#Cc1cn[nH]c1. The lowest BCUT2D eigenvalue weighted by Crippen LogP contribution is -2.52. The van der Waals surface area contributed by atoms with Gasteiger partial charge in [0, 0.05) is 37.3 Å². The number of H-pyrrole nitrogens is 1. The number of fused-ring (bicyclic) bond motifs is 15. The van der Waals surface area contributed by atoms with E-state index < -0.39 is 16.8 Å². The molecule has 512 valence electrons. The van der Waals surface area contributed by atoms with Crippen LogP contribution in [0.2, 0.25) is 0 Å². The second-order valence-corrected chi connectivity index (χ2v) is 36.0. The Kier molecular flexibility index (Phi) is 21.4. The first-order valence-electron chi connectivity index (χ1n) is 37.0. The van der Waals surface area contributed by atoms with Crippen LogP contribution in [0.3, 0.4) is 0 Å². The highest BCUT2D eigenvalue weighted by Gasteiger charge is 2.65. The number of nitrogens with zero attached hydrogens (tertiary/aromatic N) is 5. The summed E-state index contributed by atoms with van der Waals surface area (Å²) in [6.07, 6.45) is 41.7. The molecule has 14 heteroatoms. The number of Topliss-reactive ketones (excluding diaryl/α,β-unsaturated/α-hetero) is 3. The van der Waals surface area contributed by atoms with Gasteiger partial charge in [-0.2, -0.15) is 20.7 Å². The predicted octanol–water partition coefficient (Wildman–Crippen LogP) is 16.1. The number of hydrogen-bond acceptors (Lipinski definition) is 11. The topological polar surface area (TPSA) is 226 Å².